The van der Waals surface area contributed by atoms with E-state index < -0.39 is 6.03 Å². The van der Waals surface area contributed by atoms with Crippen molar-refractivity contribution < 1.29 is 14.5 Å². The molecule has 6 heteroatoms. The van der Waals surface area contributed by atoms with Crippen LogP contribution in [0.25, 0.3) is 0 Å². The molecule has 88 valence electrons. The number of nitrogens with one attached hydrogen (secondary N) is 2. The van der Waals surface area contributed by atoms with Gasteiger partial charge in [0, 0.05) is 0 Å². The highest BCUT2D eigenvalue weighted by molar-refractivity contribution is 7.09. The largest absolute Gasteiger partial charge is 0.351 e. The molecule has 1 heterocycles. The van der Waals surface area contributed by atoms with Crippen LogP contribution in [0.5, 0.6) is 0 Å². The van der Waals surface area contributed by atoms with Gasteiger partial charge in [-0.2, -0.15) is 0 Å². The topological polar surface area (TPSA) is 76.6 Å². The second kappa shape index (κ2) is 5.62. The Morgan fingerprint density at radius 2 is 2.31 bits per heavy atom. The van der Waals surface area contributed by atoms with Crippen LogP contribution in [0.1, 0.15) is 11.8 Å². The SMILES string of the molecule is C[C@H](C(=O)NC(N)=O)[NH+](C)Cc1cccs1. The van der Waals surface area contributed by atoms with Gasteiger partial charge in [-0.25, -0.2) is 4.79 Å². The molecule has 0 fully saturated rings. The molecule has 4 N–H and O–H groups in total. The van der Waals surface area contributed by atoms with Crippen molar-refractivity contribution in [1.29, 1.82) is 0 Å². The molecule has 0 aliphatic heterocycles. The van der Waals surface area contributed by atoms with Gasteiger partial charge in [-0.1, -0.05) is 6.07 Å². The third-order valence-corrected chi connectivity index (χ3v) is 3.29. The first-order chi connectivity index (χ1) is 7.50. The van der Waals surface area contributed by atoms with Crippen molar-refractivity contribution in [2.75, 3.05) is 7.05 Å². The Hall–Kier alpha value is -1.40. The zero-order valence-electron chi connectivity index (χ0n) is 9.32. The molecule has 0 aromatic carbocycles. The van der Waals surface area contributed by atoms with E-state index in [1.165, 1.54) is 4.88 Å². The molecule has 0 aliphatic rings. The van der Waals surface area contributed by atoms with Gasteiger partial charge in [-0.3, -0.25) is 10.1 Å². The van der Waals surface area contributed by atoms with E-state index in [1.807, 2.05) is 24.6 Å². The molecule has 16 heavy (non-hydrogen) atoms. The fraction of sp³-hybridized carbons (Fsp3) is 0.400. The third kappa shape index (κ3) is 3.63. The normalized spacial score (nSPS) is 14.1. The fourth-order valence-corrected chi connectivity index (χ4v) is 2.09. The molecule has 2 atom stereocenters. The van der Waals surface area contributed by atoms with Crippen molar-refractivity contribution >= 4 is 23.3 Å². The van der Waals surface area contributed by atoms with Gasteiger partial charge in [0.1, 0.15) is 6.54 Å². The lowest BCUT2D eigenvalue weighted by atomic mass is 10.2. The summed E-state index contributed by atoms with van der Waals surface area (Å²) in [4.78, 5) is 24.3. The van der Waals surface area contributed by atoms with Gasteiger partial charge in [0.25, 0.3) is 5.91 Å². The van der Waals surface area contributed by atoms with Gasteiger partial charge in [-0.05, 0) is 18.4 Å². The van der Waals surface area contributed by atoms with Crippen molar-refractivity contribution in [2.24, 2.45) is 5.73 Å². The number of nitrogens with two attached hydrogens (primary N) is 1. The number of quaternary nitrogens is 1. The number of likely N-dealkylation sites (N-methyl/N-ethyl adjacent to an activating group) is 1. The molecular weight excluding hydrogens is 226 g/mol. The van der Waals surface area contributed by atoms with Gasteiger partial charge < -0.3 is 10.6 Å². The Bertz CT molecular complexity index is 364. The van der Waals surface area contributed by atoms with Crippen molar-refractivity contribution in [3.63, 3.8) is 0 Å². The van der Waals surface area contributed by atoms with E-state index in [0.29, 0.717) is 0 Å². The molecular formula is C10H16N3O2S+. The maximum absolute atomic E-state index is 11.5. The maximum Gasteiger partial charge on any atom is 0.319 e. The van der Waals surface area contributed by atoms with E-state index in [0.717, 1.165) is 11.4 Å². The second-order valence-corrected chi connectivity index (χ2v) is 4.71. The highest BCUT2D eigenvalue weighted by Gasteiger charge is 2.22. The Balaban J connectivity index is 2.50. The van der Waals surface area contributed by atoms with Gasteiger partial charge in [0.15, 0.2) is 6.04 Å². The van der Waals surface area contributed by atoms with Crippen molar-refractivity contribution in [1.82, 2.24) is 5.32 Å². The summed E-state index contributed by atoms with van der Waals surface area (Å²) >= 11 is 1.65. The second-order valence-electron chi connectivity index (χ2n) is 3.68. The number of rotatable bonds is 4. The van der Waals surface area contributed by atoms with Crippen LogP contribution in [0.2, 0.25) is 0 Å². The van der Waals surface area contributed by atoms with E-state index >= 15 is 0 Å². The number of carbonyl (C=O) groups excluding carboxylic acids is 2. The molecule has 0 saturated heterocycles. The minimum atomic E-state index is -0.805. The van der Waals surface area contributed by atoms with Crippen LogP contribution < -0.4 is 16.0 Å². The number of imide groups is 1. The molecule has 3 amide bonds. The first-order valence-corrected chi connectivity index (χ1v) is 5.83. The summed E-state index contributed by atoms with van der Waals surface area (Å²) in [5.41, 5.74) is 4.89. The number of carbonyl (C=O) groups is 2. The summed E-state index contributed by atoms with van der Waals surface area (Å²) in [6.07, 6.45) is 0. The number of thiophene rings is 1. The standard InChI is InChI=1S/C10H15N3O2S/c1-7(9(14)12-10(11)15)13(2)6-8-4-3-5-16-8/h3-5,7H,6H2,1-2H3,(H3,11,12,14,15)/p+1/t7-/m1/s1. The molecule has 0 radical (unpaired) electrons. The predicted molar refractivity (Wildman–Crippen MR) is 62.1 cm³/mol. The predicted octanol–water partition coefficient (Wildman–Crippen LogP) is -0.654. The summed E-state index contributed by atoms with van der Waals surface area (Å²) in [6, 6.07) is 2.88. The summed E-state index contributed by atoms with van der Waals surface area (Å²) < 4.78 is 0. The van der Waals surface area contributed by atoms with Crippen LogP contribution in [0.3, 0.4) is 0 Å². The lowest BCUT2D eigenvalue weighted by Gasteiger charge is -2.19. The Morgan fingerprint density at radius 1 is 1.62 bits per heavy atom. The molecule has 0 spiro atoms. The van der Waals surface area contributed by atoms with Crippen molar-refractivity contribution in [3.8, 4) is 0 Å². The number of amides is 3. The van der Waals surface area contributed by atoms with Gasteiger partial charge >= 0.3 is 6.03 Å². The Labute approximate surface area is 98.2 Å². The summed E-state index contributed by atoms with van der Waals surface area (Å²) in [7, 11) is 1.91. The molecule has 0 saturated carbocycles. The fourth-order valence-electron chi connectivity index (χ4n) is 1.29. The smallest absolute Gasteiger partial charge is 0.319 e. The van der Waals surface area contributed by atoms with Crippen LogP contribution in [0.4, 0.5) is 4.79 Å². The van der Waals surface area contributed by atoms with Gasteiger partial charge in [0.05, 0.1) is 11.9 Å². The first kappa shape index (κ1) is 12.7. The molecule has 1 aromatic heterocycles. The van der Waals surface area contributed by atoms with Gasteiger partial charge in [-0.15, -0.1) is 11.3 Å². The monoisotopic (exact) mass is 242 g/mol. The van der Waals surface area contributed by atoms with E-state index in [2.05, 4.69) is 5.32 Å². The summed E-state index contributed by atoms with van der Waals surface area (Å²) in [5.74, 6) is -0.346. The average molecular weight is 242 g/mol. The lowest BCUT2D eigenvalue weighted by Crippen LogP contribution is -3.12. The van der Waals surface area contributed by atoms with E-state index in [-0.39, 0.29) is 11.9 Å². The Morgan fingerprint density at radius 3 is 2.81 bits per heavy atom. The molecule has 1 unspecified atom stereocenters. The van der Waals surface area contributed by atoms with Crippen LogP contribution in [0.15, 0.2) is 17.5 Å². The van der Waals surface area contributed by atoms with E-state index in [9.17, 15) is 9.59 Å². The Kier molecular flexibility index (Phi) is 4.45. The van der Waals surface area contributed by atoms with E-state index in [4.69, 9.17) is 5.73 Å². The van der Waals surface area contributed by atoms with Crippen LogP contribution in [-0.2, 0) is 11.3 Å². The molecule has 5 nitrogen and oxygen atoms in total. The first-order valence-electron chi connectivity index (χ1n) is 4.95. The average Bonchev–Trinajstić information content (AvgIpc) is 2.68. The summed E-state index contributed by atoms with van der Waals surface area (Å²) in [5, 5.41) is 4.08. The molecule has 1 rings (SSSR count). The molecule has 0 aliphatic carbocycles. The van der Waals surface area contributed by atoms with Gasteiger partial charge in [0.2, 0.25) is 0 Å². The number of hydrogen-bond acceptors (Lipinski definition) is 3. The third-order valence-electron chi connectivity index (χ3n) is 2.41. The summed E-state index contributed by atoms with van der Waals surface area (Å²) in [6.45, 7) is 2.52. The van der Waals surface area contributed by atoms with Crippen LogP contribution in [0, 0.1) is 0 Å². The number of primary amides is 1. The number of urea groups is 1. The lowest BCUT2D eigenvalue weighted by molar-refractivity contribution is -0.907. The zero-order chi connectivity index (χ0) is 12.1. The highest BCUT2D eigenvalue weighted by atomic mass is 32.1. The minimum absolute atomic E-state index is 0.311. The van der Waals surface area contributed by atoms with Crippen LogP contribution in [-0.4, -0.2) is 25.0 Å². The van der Waals surface area contributed by atoms with Crippen molar-refractivity contribution in [3.05, 3.63) is 22.4 Å². The minimum Gasteiger partial charge on any atom is -0.351 e. The van der Waals surface area contributed by atoms with Crippen molar-refractivity contribution in [2.45, 2.75) is 19.5 Å². The molecule has 0 bridgehead atoms. The highest BCUT2D eigenvalue weighted by Crippen LogP contribution is 2.05. The molecule has 1 aromatic rings. The van der Waals surface area contributed by atoms with E-state index in [1.54, 1.807) is 18.3 Å². The zero-order valence-corrected chi connectivity index (χ0v) is 10.1. The quantitative estimate of drug-likeness (QED) is 0.656. The maximum atomic E-state index is 11.5. The number of hydrogen-bond donors (Lipinski definition) is 3. The van der Waals surface area contributed by atoms with Crippen LogP contribution >= 0.6 is 11.3 Å².